The van der Waals surface area contributed by atoms with Gasteiger partial charge in [0.1, 0.15) is 0 Å². The molecule has 1 aliphatic carbocycles. The number of rotatable bonds is 6. The summed E-state index contributed by atoms with van der Waals surface area (Å²) in [4.78, 5) is 0. The van der Waals surface area contributed by atoms with E-state index in [-0.39, 0.29) is 0 Å². The lowest BCUT2D eigenvalue weighted by Crippen LogP contribution is -2.47. The van der Waals surface area contributed by atoms with Crippen molar-refractivity contribution in [3.8, 4) is 0 Å². The summed E-state index contributed by atoms with van der Waals surface area (Å²) >= 11 is 0. The summed E-state index contributed by atoms with van der Waals surface area (Å²) in [6.45, 7) is 5.50. The summed E-state index contributed by atoms with van der Waals surface area (Å²) in [5, 5.41) is 3.60. The van der Waals surface area contributed by atoms with Crippen LogP contribution in [0.3, 0.4) is 0 Å². The van der Waals surface area contributed by atoms with Crippen LogP contribution in [0.1, 0.15) is 39.5 Å². The third-order valence-electron chi connectivity index (χ3n) is 3.17. The van der Waals surface area contributed by atoms with Crippen LogP contribution in [0.15, 0.2) is 0 Å². The quantitative estimate of drug-likeness (QED) is 0.685. The average Bonchev–Trinajstić information content (AvgIpc) is 2.07. The van der Waals surface area contributed by atoms with Gasteiger partial charge in [0.2, 0.25) is 0 Å². The van der Waals surface area contributed by atoms with Crippen molar-refractivity contribution < 1.29 is 4.74 Å². The highest BCUT2D eigenvalue weighted by Crippen LogP contribution is 2.31. The van der Waals surface area contributed by atoms with Gasteiger partial charge in [-0.1, -0.05) is 13.3 Å². The first kappa shape index (κ1) is 11.0. The Hall–Kier alpha value is -0.0800. The van der Waals surface area contributed by atoms with E-state index in [2.05, 4.69) is 19.2 Å². The van der Waals surface area contributed by atoms with Crippen LogP contribution >= 0.6 is 0 Å². The van der Waals surface area contributed by atoms with Gasteiger partial charge in [0.05, 0.1) is 6.10 Å². The molecule has 0 heterocycles. The van der Waals surface area contributed by atoms with Crippen molar-refractivity contribution in [3.05, 3.63) is 0 Å². The van der Waals surface area contributed by atoms with Crippen molar-refractivity contribution in [1.82, 2.24) is 5.32 Å². The molecule has 1 N–H and O–H groups in total. The van der Waals surface area contributed by atoms with Crippen LogP contribution in [-0.2, 0) is 4.74 Å². The number of hydrogen-bond donors (Lipinski definition) is 1. The number of ether oxygens (including phenoxy) is 1. The third-order valence-corrected chi connectivity index (χ3v) is 3.17. The van der Waals surface area contributed by atoms with Crippen LogP contribution in [0.5, 0.6) is 0 Å². The fourth-order valence-corrected chi connectivity index (χ4v) is 1.97. The lowest BCUT2D eigenvalue weighted by atomic mass is 9.78. The molecule has 0 spiro atoms. The van der Waals surface area contributed by atoms with E-state index in [4.69, 9.17) is 4.74 Å². The van der Waals surface area contributed by atoms with E-state index < -0.39 is 0 Å². The van der Waals surface area contributed by atoms with Gasteiger partial charge in [-0.15, -0.1) is 0 Å². The molecule has 1 saturated carbocycles. The van der Waals surface area contributed by atoms with Gasteiger partial charge in [-0.25, -0.2) is 0 Å². The number of methoxy groups -OCH3 is 1. The predicted molar refractivity (Wildman–Crippen MR) is 55.9 cm³/mol. The molecule has 0 radical (unpaired) electrons. The third kappa shape index (κ3) is 2.96. The Balaban J connectivity index is 2.33. The van der Waals surface area contributed by atoms with Gasteiger partial charge in [0.25, 0.3) is 0 Å². The zero-order valence-corrected chi connectivity index (χ0v) is 9.18. The molecule has 1 aliphatic rings. The van der Waals surface area contributed by atoms with Gasteiger partial charge < -0.3 is 10.1 Å². The smallest absolute Gasteiger partial charge is 0.0698 e. The van der Waals surface area contributed by atoms with Crippen molar-refractivity contribution >= 4 is 0 Å². The Bertz CT molecular complexity index is 129. The van der Waals surface area contributed by atoms with E-state index in [1.165, 1.54) is 25.7 Å². The normalized spacial score (nSPS) is 22.4. The second-order valence-electron chi connectivity index (χ2n) is 4.11. The summed E-state index contributed by atoms with van der Waals surface area (Å²) in [5.41, 5.74) is 0. The predicted octanol–water partition coefficient (Wildman–Crippen LogP) is 2.19. The molecule has 2 unspecified atom stereocenters. The molecule has 0 bridgehead atoms. The van der Waals surface area contributed by atoms with Crippen LogP contribution in [0.4, 0.5) is 0 Å². The molecule has 0 aliphatic heterocycles. The molecule has 0 aromatic carbocycles. The maximum absolute atomic E-state index is 5.40. The van der Waals surface area contributed by atoms with Crippen molar-refractivity contribution in [3.63, 3.8) is 0 Å². The SMILES string of the molecule is CCCNC(C1CCC1)C(C)OC. The molecule has 2 nitrogen and oxygen atoms in total. The molecule has 1 fully saturated rings. The maximum Gasteiger partial charge on any atom is 0.0698 e. The lowest BCUT2D eigenvalue weighted by Gasteiger charge is -2.37. The molecule has 0 saturated heterocycles. The van der Waals surface area contributed by atoms with E-state index in [9.17, 15) is 0 Å². The lowest BCUT2D eigenvalue weighted by molar-refractivity contribution is 0.0423. The van der Waals surface area contributed by atoms with Crippen molar-refractivity contribution in [2.24, 2.45) is 5.92 Å². The highest BCUT2D eigenvalue weighted by molar-refractivity contribution is 4.86. The van der Waals surface area contributed by atoms with E-state index in [1.807, 2.05) is 7.11 Å². The Labute approximate surface area is 82.0 Å². The molecule has 0 aromatic rings. The molecule has 2 heteroatoms. The molecule has 0 amide bonds. The van der Waals surface area contributed by atoms with Crippen LogP contribution in [0.2, 0.25) is 0 Å². The summed E-state index contributed by atoms with van der Waals surface area (Å²) in [5.74, 6) is 0.862. The second-order valence-corrected chi connectivity index (χ2v) is 4.11. The van der Waals surface area contributed by atoms with Gasteiger partial charge in [-0.05, 0) is 38.6 Å². The number of nitrogens with one attached hydrogen (secondary N) is 1. The van der Waals surface area contributed by atoms with E-state index in [0.29, 0.717) is 12.1 Å². The highest BCUT2D eigenvalue weighted by Gasteiger charge is 2.30. The summed E-state index contributed by atoms with van der Waals surface area (Å²) in [6.07, 6.45) is 5.74. The van der Waals surface area contributed by atoms with E-state index in [1.54, 1.807) is 0 Å². The summed E-state index contributed by atoms with van der Waals surface area (Å²) in [7, 11) is 1.81. The van der Waals surface area contributed by atoms with Gasteiger partial charge >= 0.3 is 0 Å². The molecule has 0 aromatic heterocycles. The average molecular weight is 185 g/mol. The molecule has 1 rings (SSSR count). The maximum atomic E-state index is 5.40. The van der Waals surface area contributed by atoms with Crippen LogP contribution < -0.4 is 5.32 Å². The molecule has 13 heavy (non-hydrogen) atoms. The Morgan fingerprint density at radius 1 is 1.46 bits per heavy atom. The van der Waals surface area contributed by atoms with Crippen molar-refractivity contribution in [1.29, 1.82) is 0 Å². The molecule has 78 valence electrons. The highest BCUT2D eigenvalue weighted by atomic mass is 16.5. The van der Waals surface area contributed by atoms with Gasteiger partial charge in [-0.2, -0.15) is 0 Å². The van der Waals surface area contributed by atoms with Crippen LogP contribution in [0, 0.1) is 5.92 Å². The monoisotopic (exact) mass is 185 g/mol. The zero-order valence-electron chi connectivity index (χ0n) is 9.18. The van der Waals surface area contributed by atoms with Crippen LogP contribution in [-0.4, -0.2) is 25.8 Å². The first-order chi connectivity index (χ1) is 6.29. The minimum atomic E-state index is 0.358. The molecular formula is C11H23NO. The minimum absolute atomic E-state index is 0.358. The van der Waals surface area contributed by atoms with Crippen LogP contribution in [0.25, 0.3) is 0 Å². The first-order valence-corrected chi connectivity index (χ1v) is 5.55. The summed E-state index contributed by atoms with van der Waals surface area (Å²) < 4.78 is 5.40. The van der Waals surface area contributed by atoms with E-state index >= 15 is 0 Å². The second kappa shape index (κ2) is 5.61. The largest absolute Gasteiger partial charge is 0.380 e. The Morgan fingerprint density at radius 2 is 2.15 bits per heavy atom. The van der Waals surface area contributed by atoms with Gasteiger partial charge in [0.15, 0.2) is 0 Å². The standard InChI is InChI=1S/C11H23NO/c1-4-8-12-11(9(2)13-3)10-6-5-7-10/h9-12H,4-8H2,1-3H3. The Morgan fingerprint density at radius 3 is 2.54 bits per heavy atom. The van der Waals surface area contributed by atoms with E-state index in [0.717, 1.165) is 12.5 Å². The number of hydrogen-bond acceptors (Lipinski definition) is 2. The van der Waals surface area contributed by atoms with Gasteiger partial charge in [-0.3, -0.25) is 0 Å². The minimum Gasteiger partial charge on any atom is -0.380 e. The first-order valence-electron chi connectivity index (χ1n) is 5.55. The zero-order chi connectivity index (χ0) is 9.68. The fourth-order valence-electron chi connectivity index (χ4n) is 1.97. The van der Waals surface area contributed by atoms with Crippen molar-refractivity contribution in [2.75, 3.05) is 13.7 Å². The summed E-state index contributed by atoms with van der Waals surface area (Å²) in [6, 6.07) is 0.582. The molecule has 2 atom stereocenters. The van der Waals surface area contributed by atoms with Crippen molar-refractivity contribution in [2.45, 2.75) is 51.7 Å². The fraction of sp³-hybridized carbons (Fsp3) is 1.00. The Kier molecular flexibility index (Phi) is 4.74. The van der Waals surface area contributed by atoms with Gasteiger partial charge in [0, 0.05) is 13.2 Å². The molecular weight excluding hydrogens is 162 g/mol. The topological polar surface area (TPSA) is 21.3 Å².